The molecule has 88 valence electrons. The van der Waals surface area contributed by atoms with E-state index in [2.05, 4.69) is 27.0 Å². The molecule has 1 aliphatic rings. The number of para-hydroxylation sites is 1. The van der Waals surface area contributed by atoms with Crippen molar-refractivity contribution in [3.63, 3.8) is 0 Å². The molecule has 0 N–H and O–H groups in total. The second-order valence-corrected chi connectivity index (χ2v) is 5.19. The van der Waals surface area contributed by atoms with Crippen molar-refractivity contribution in [2.45, 2.75) is 6.54 Å². The summed E-state index contributed by atoms with van der Waals surface area (Å²) in [6.45, 7) is 0.730. The molecule has 5 heteroatoms. The Morgan fingerprint density at radius 2 is 2.28 bits per heavy atom. The molecule has 0 aliphatic carbocycles. The molecule has 0 radical (unpaired) electrons. The summed E-state index contributed by atoms with van der Waals surface area (Å²) in [4.78, 5) is 6.21. The Morgan fingerprint density at radius 1 is 1.44 bits per heavy atom. The van der Waals surface area contributed by atoms with Crippen molar-refractivity contribution < 1.29 is 0 Å². The smallest absolute Gasteiger partial charge is 0.108 e. The number of halogens is 2. The molecule has 18 heavy (non-hydrogen) atoms. The number of hydrogen-bond acceptors (Lipinski definition) is 3. The predicted molar refractivity (Wildman–Crippen MR) is 73.9 cm³/mol. The van der Waals surface area contributed by atoms with Gasteiger partial charge in [-0.3, -0.25) is 0 Å². The van der Waals surface area contributed by atoms with Gasteiger partial charge in [0.05, 0.1) is 28.5 Å². The van der Waals surface area contributed by atoms with Gasteiger partial charge < -0.3 is 4.90 Å². The number of anilines is 2. The zero-order chi connectivity index (χ0) is 12.7. The van der Waals surface area contributed by atoms with E-state index in [9.17, 15) is 0 Å². The minimum atomic E-state index is 0.584. The summed E-state index contributed by atoms with van der Waals surface area (Å²) in [5, 5.41) is 9.75. The number of nitriles is 1. The summed E-state index contributed by atoms with van der Waals surface area (Å²) in [6.07, 6.45) is 1.83. The van der Waals surface area contributed by atoms with E-state index in [1.807, 2.05) is 17.2 Å². The number of fused-ring (bicyclic) bond motifs is 1. The van der Waals surface area contributed by atoms with E-state index in [0.29, 0.717) is 10.6 Å². The van der Waals surface area contributed by atoms with Crippen LogP contribution in [0.15, 0.2) is 35.1 Å². The summed E-state index contributed by atoms with van der Waals surface area (Å²) >= 11 is 9.55. The van der Waals surface area contributed by atoms with Crippen LogP contribution >= 0.6 is 27.5 Å². The Labute approximate surface area is 118 Å². The number of aromatic nitrogens is 1. The molecule has 0 amide bonds. The Hall–Kier alpha value is -1.57. The average Bonchev–Trinajstić information content (AvgIpc) is 2.35. The van der Waals surface area contributed by atoms with Crippen LogP contribution in [0.1, 0.15) is 11.1 Å². The van der Waals surface area contributed by atoms with E-state index >= 15 is 0 Å². The van der Waals surface area contributed by atoms with Crippen LogP contribution in [0, 0.1) is 11.3 Å². The van der Waals surface area contributed by atoms with E-state index in [0.717, 1.165) is 28.1 Å². The van der Waals surface area contributed by atoms with Crippen molar-refractivity contribution in [1.82, 2.24) is 4.98 Å². The van der Waals surface area contributed by atoms with Crippen LogP contribution in [0.4, 0.5) is 11.4 Å². The lowest BCUT2D eigenvalue weighted by Gasteiger charge is -2.36. The first-order valence-electron chi connectivity index (χ1n) is 5.31. The first-order valence-corrected chi connectivity index (χ1v) is 6.48. The van der Waals surface area contributed by atoms with Crippen LogP contribution in [0.5, 0.6) is 0 Å². The topological polar surface area (TPSA) is 39.9 Å². The Kier molecular flexibility index (Phi) is 2.73. The van der Waals surface area contributed by atoms with E-state index in [1.54, 1.807) is 18.2 Å². The van der Waals surface area contributed by atoms with Crippen LogP contribution in [0.25, 0.3) is 0 Å². The fourth-order valence-corrected chi connectivity index (χ4v) is 2.66. The molecule has 0 bridgehead atoms. The predicted octanol–water partition coefficient (Wildman–Crippen LogP) is 4.02. The summed E-state index contributed by atoms with van der Waals surface area (Å²) in [6, 6.07) is 9.47. The maximum absolute atomic E-state index is 9.16. The molecule has 3 nitrogen and oxygen atoms in total. The molecule has 1 aromatic carbocycles. The van der Waals surface area contributed by atoms with Gasteiger partial charge in [-0.05, 0) is 34.1 Å². The molecule has 0 unspecified atom stereocenters. The van der Waals surface area contributed by atoms with Crippen molar-refractivity contribution >= 4 is 38.9 Å². The molecular weight excluding hydrogens is 314 g/mol. The van der Waals surface area contributed by atoms with Crippen molar-refractivity contribution in [3.8, 4) is 6.07 Å². The molecule has 0 spiro atoms. The maximum Gasteiger partial charge on any atom is 0.108 e. The van der Waals surface area contributed by atoms with Gasteiger partial charge in [-0.1, -0.05) is 17.7 Å². The van der Waals surface area contributed by atoms with Crippen LogP contribution < -0.4 is 4.90 Å². The molecule has 1 aromatic heterocycles. The molecule has 0 saturated carbocycles. The maximum atomic E-state index is 9.16. The molecule has 0 atom stereocenters. The van der Waals surface area contributed by atoms with Gasteiger partial charge in [0, 0.05) is 11.8 Å². The fraction of sp³-hybridized carbons (Fsp3) is 0.0769. The lowest BCUT2D eigenvalue weighted by atomic mass is 10.0. The van der Waals surface area contributed by atoms with Crippen molar-refractivity contribution in [2.24, 2.45) is 0 Å². The van der Waals surface area contributed by atoms with E-state index < -0.39 is 0 Å². The average molecular weight is 321 g/mol. The summed E-state index contributed by atoms with van der Waals surface area (Å²) in [5.41, 5.74) is 3.55. The molecule has 2 heterocycles. The zero-order valence-corrected chi connectivity index (χ0v) is 11.5. The Morgan fingerprint density at radius 3 is 3.06 bits per heavy atom. The minimum Gasteiger partial charge on any atom is -0.334 e. The third kappa shape index (κ3) is 1.67. The number of pyridine rings is 1. The van der Waals surface area contributed by atoms with Gasteiger partial charge in [0.1, 0.15) is 10.7 Å². The van der Waals surface area contributed by atoms with Gasteiger partial charge in [-0.2, -0.15) is 5.26 Å². The SMILES string of the molecule is N#Cc1cccc(Cl)c1N1Cc2cnc(Br)cc21. The third-order valence-electron chi connectivity index (χ3n) is 2.92. The van der Waals surface area contributed by atoms with E-state index in [-0.39, 0.29) is 0 Å². The van der Waals surface area contributed by atoms with Crippen molar-refractivity contribution in [3.05, 3.63) is 51.2 Å². The molecule has 3 rings (SSSR count). The van der Waals surface area contributed by atoms with Gasteiger partial charge in [-0.25, -0.2) is 4.98 Å². The fourth-order valence-electron chi connectivity index (χ4n) is 2.07. The van der Waals surface area contributed by atoms with E-state index in [1.165, 1.54) is 0 Å². The lowest BCUT2D eigenvalue weighted by molar-refractivity contribution is 0.867. The Bertz CT molecular complexity index is 678. The first kappa shape index (κ1) is 11.5. The normalized spacial score (nSPS) is 12.6. The van der Waals surface area contributed by atoms with Crippen LogP contribution in [0.3, 0.4) is 0 Å². The van der Waals surface area contributed by atoms with Crippen LogP contribution in [-0.2, 0) is 6.54 Å². The first-order chi connectivity index (χ1) is 8.70. The van der Waals surface area contributed by atoms with Gasteiger partial charge >= 0.3 is 0 Å². The van der Waals surface area contributed by atoms with Crippen LogP contribution in [0.2, 0.25) is 5.02 Å². The monoisotopic (exact) mass is 319 g/mol. The molecule has 0 fully saturated rings. The molecule has 1 aliphatic heterocycles. The van der Waals surface area contributed by atoms with Crippen LogP contribution in [-0.4, -0.2) is 4.98 Å². The van der Waals surface area contributed by atoms with Gasteiger partial charge in [0.15, 0.2) is 0 Å². The van der Waals surface area contributed by atoms with E-state index in [4.69, 9.17) is 16.9 Å². The highest BCUT2D eigenvalue weighted by molar-refractivity contribution is 9.10. The summed E-state index contributed by atoms with van der Waals surface area (Å²) in [7, 11) is 0. The number of hydrogen-bond donors (Lipinski definition) is 0. The van der Waals surface area contributed by atoms with Gasteiger partial charge in [0.25, 0.3) is 0 Å². The number of nitrogens with zero attached hydrogens (tertiary/aromatic N) is 3. The zero-order valence-electron chi connectivity index (χ0n) is 9.19. The molecule has 0 saturated heterocycles. The Balaban J connectivity index is 2.12. The lowest BCUT2D eigenvalue weighted by Crippen LogP contribution is -2.28. The second kappa shape index (κ2) is 4.27. The van der Waals surface area contributed by atoms with Gasteiger partial charge in [-0.15, -0.1) is 0 Å². The highest BCUT2D eigenvalue weighted by Crippen LogP contribution is 2.44. The summed E-state index contributed by atoms with van der Waals surface area (Å²) in [5.74, 6) is 0. The highest BCUT2D eigenvalue weighted by atomic mass is 79.9. The summed E-state index contributed by atoms with van der Waals surface area (Å²) < 4.78 is 0.775. The number of rotatable bonds is 1. The number of benzene rings is 1. The second-order valence-electron chi connectivity index (χ2n) is 3.97. The quantitative estimate of drug-likeness (QED) is 0.745. The highest BCUT2D eigenvalue weighted by Gasteiger charge is 2.28. The largest absolute Gasteiger partial charge is 0.334 e. The molecular formula is C13H7BrClN3. The standard InChI is InChI=1S/C13H7BrClN3/c14-12-4-11-9(6-17-12)7-18(11)13-8(5-16)2-1-3-10(13)15/h1-4,6H,7H2. The molecule has 2 aromatic rings. The third-order valence-corrected chi connectivity index (χ3v) is 3.66. The van der Waals surface area contributed by atoms with Crippen molar-refractivity contribution in [1.29, 1.82) is 5.26 Å². The van der Waals surface area contributed by atoms with Crippen molar-refractivity contribution in [2.75, 3.05) is 4.90 Å². The van der Waals surface area contributed by atoms with Gasteiger partial charge in [0.2, 0.25) is 0 Å². The minimum absolute atomic E-state index is 0.584.